The van der Waals surface area contributed by atoms with Crippen molar-refractivity contribution in [3.05, 3.63) is 22.2 Å². The molecular formula is C15H21BrN2O2. The van der Waals surface area contributed by atoms with Gasteiger partial charge in [0.25, 0.3) is 0 Å². The lowest BCUT2D eigenvalue weighted by molar-refractivity contribution is 0.0359. The van der Waals surface area contributed by atoms with Crippen molar-refractivity contribution in [1.29, 1.82) is 0 Å². The van der Waals surface area contributed by atoms with Crippen molar-refractivity contribution in [1.82, 2.24) is 4.90 Å². The average Bonchev–Trinajstić information content (AvgIpc) is 3.19. The van der Waals surface area contributed by atoms with Gasteiger partial charge in [-0.25, -0.2) is 0 Å². The summed E-state index contributed by atoms with van der Waals surface area (Å²) >= 11 is 3.56. The molecule has 1 aromatic carbocycles. The van der Waals surface area contributed by atoms with Crippen molar-refractivity contribution in [3.8, 4) is 11.5 Å². The number of hydrogen-bond donors (Lipinski definition) is 1. The molecule has 3 rings (SSSR count). The maximum absolute atomic E-state index is 6.21. The lowest BCUT2D eigenvalue weighted by atomic mass is 9.94. The van der Waals surface area contributed by atoms with Gasteiger partial charge in [0.1, 0.15) is 6.10 Å². The first-order valence-corrected chi connectivity index (χ1v) is 7.80. The van der Waals surface area contributed by atoms with E-state index in [9.17, 15) is 0 Å². The molecule has 2 N–H and O–H groups in total. The summed E-state index contributed by atoms with van der Waals surface area (Å²) in [7, 11) is 3.79. The monoisotopic (exact) mass is 340 g/mol. The third kappa shape index (κ3) is 2.43. The highest BCUT2D eigenvalue weighted by molar-refractivity contribution is 9.10. The number of benzene rings is 1. The van der Waals surface area contributed by atoms with Gasteiger partial charge in [-0.15, -0.1) is 0 Å². The molecule has 5 heteroatoms. The molecule has 0 radical (unpaired) electrons. The van der Waals surface area contributed by atoms with Gasteiger partial charge in [0.2, 0.25) is 0 Å². The van der Waals surface area contributed by atoms with Crippen LogP contribution in [0.5, 0.6) is 11.5 Å². The van der Waals surface area contributed by atoms with Crippen LogP contribution in [-0.2, 0) is 5.41 Å². The molecule has 1 heterocycles. The van der Waals surface area contributed by atoms with E-state index in [1.54, 1.807) is 7.11 Å². The summed E-state index contributed by atoms with van der Waals surface area (Å²) < 4.78 is 12.8. The maximum Gasteiger partial charge on any atom is 0.165 e. The summed E-state index contributed by atoms with van der Waals surface area (Å²) in [5, 5.41) is 0. The maximum atomic E-state index is 6.21. The topological polar surface area (TPSA) is 47.7 Å². The van der Waals surface area contributed by atoms with Crippen molar-refractivity contribution in [3.63, 3.8) is 0 Å². The predicted octanol–water partition coefficient (Wildman–Crippen LogP) is 2.14. The van der Waals surface area contributed by atoms with Crippen LogP contribution in [0.15, 0.2) is 16.6 Å². The molecule has 1 saturated carbocycles. The SMILES string of the molecule is COc1cc(Br)cc(C2(CN)CC2)c1OC1CN(C)C1. The van der Waals surface area contributed by atoms with Crippen LogP contribution in [-0.4, -0.2) is 44.8 Å². The minimum absolute atomic E-state index is 0.0854. The fraction of sp³-hybridized carbons (Fsp3) is 0.600. The highest BCUT2D eigenvalue weighted by Gasteiger charge is 2.46. The van der Waals surface area contributed by atoms with Crippen LogP contribution in [0.4, 0.5) is 0 Å². The van der Waals surface area contributed by atoms with Gasteiger partial charge in [0.15, 0.2) is 11.5 Å². The zero-order valence-electron chi connectivity index (χ0n) is 12.0. The lowest BCUT2D eigenvalue weighted by Gasteiger charge is -2.37. The molecule has 0 atom stereocenters. The Morgan fingerprint density at radius 3 is 2.60 bits per heavy atom. The molecule has 0 unspecified atom stereocenters. The summed E-state index contributed by atoms with van der Waals surface area (Å²) in [6.45, 7) is 2.59. The van der Waals surface area contributed by atoms with Crippen LogP contribution in [0.1, 0.15) is 18.4 Å². The number of ether oxygens (including phenoxy) is 2. The zero-order chi connectivity index (χ0) is 14.3. The van der Waals surface area contributed by atoms with Crippen LogP contribution in [0, 0.1) is 0 Å². The summed E-state index contributed by atoms with van der Waals surface area (Å²) in [6, 6.07) is 4.11. The van der Waals surface area contributed by atoms with E-state index in [-0.39, 0.29) is 11.5 Å². The Hall–Kier alpha value is -0.780. The molecule has 1 saturated heterocycles. The van der Waals surface area contributed by atoms with Gasteiger partial charge in [0.05, 0.1) is 7.11 Å². The van der Waals surface area contributed by atoms with Crippen molar-refractivity contribution < 1.29 is 9.47 Å². The number of hydrogen-bond acceptors (Lipinski definition) is 4. The fourth-order valence-corrected chi connectivity index (χ4v) is 3.29. The largest absolute Gasteiger partial charge is 0.493 e. The van der Waals surface area contributed by atoms with E-state index >= 15 is 0 Å². The second-order valence-corrected chi connectivity index (χ2v) is 6.85. The molecule has 0 aromatic heterocycles. The van der Waals surface area contributed by atoms with Crippen LogP contribution >= 0.6 is 15.9 Å². The highest BCUT2D eigenvalue weighted by Crippen LogP contribution is 2.53. The van der Waals surface area contributed by atoms with Crippen LogP contribution < -0.4 is 15.2 Å². The minimum atomic E-state index is 0.0854. The Morgan fingerprint density at radius 1 is 1.40 bits per heavy atom. The van der Waals surface area contributed by atoms with E-state index in [4.69, 9.17) is 15.2 Å². The van der Waals surface area contributed by atoms with Gasteiger partial charge in [0, 0.05) is 35.1 Å². The number of nitrogens with zero attached hydrogens (tertiary/aromatic N) is 1. The molecule has 1 aliphatic heterocycles. The Labute approximate surface area is 128 Å². The predicted molar refractivity (Wildman–Crippen MR) is 82.6 cm³/mol. The summed E-state index contributed by atoms with van der Waals surface area (Å²) in [6.07, 6.45) is 2.51. The second-order valence-electron chi connectivity index (χ2n) is 5.93. The Bertz CT molecular complexity index is 511. The molecule has 1 aromatic rings. The number of likely N-dealkylation sites (tertiary alicyclic amines) is 1. The summed E-state index contributed by atoms with van der Waals surface area (Å²) in [4.78, 5) is 2.24. The number of methoxy groups -OCH3 is 1. The van der Waals surface area contributed by atoms with E-state index in [2.05, 4.69) is 33.9 Å². The highest BCUT2D eigenvalue weighted by atomic mass is 79.9. The van der Waals surface area contributed by atoms with Crippen molar-refractivity contribution >= 4 is 15.9 Å². The summed E-state index contributed by atoms with van der Waals surface area (Å²) in [5.74, 6) is 1.68. The van der Waals surface area contributed by atoms with E-state index in [0.717, 1.165) is 41.9 Å². The molecule has 110 valence electrons. The first-order chi connectivity index (χ1) is 9.58. The van der Waals surface area contributed by atoms with Crippen LogP contribution in [0.25, 0.3) is 0 Å². The van der Waals surface area contributed by atoms with Gasteiger partial charge in [-0.2, -0.15) is 0 Å². The molecule has 0 bridgehead atoms. The van der Waals surface area contributed by atoms with E-state index in [0.29, 0.717) is 6.54 Å². The van der Waals surface area contributed by atoms with Gasteiger partial charge in [-0.3, -0.25) is 4.90 Å². The van der Waals surface area contributed by atoms with E-state index in [1.807, 2.05) is 6.07 Å². The standard InChI is InChI=1S/C15H21BrN2O2/c1-18-7-11(8-18)20-14-12(15(9-17)3-4-15)5-10(16)6-13(14)19-2/h5-6,11H,3-4,7-9,17H2,1-2H3. The van der Waals surface area contributed by atoms with Crippen molar-refractivity contribution in [2.75, 3.05) is 33.8 Å². The van der Waals surface area contributed by atoms with E-state index < -0.39 is 0 Å². The molecule has 4 nitrogen and oxygen atoms in total. The third-order valence-corrected chi connectivity index (χ3v) is 4.83. The number of nitrogens with two attached hydrogens (primary N) is 1. The zero-order valence-corrected chi connectivity index (χ0v) is 13.6. The first-order valence-electron chi connectivity index (χ1n) is 7.01. The Kier molecular flexibility index (Phi) is 3.69. The normalized spacial score (nSPS) is 21.4. The van der Waals surface area contributed by atoms with Gasteiger partial charge in [-0.1, -0.05) is 15.9 Å². The van der Waals surface area contributed by atoms with Crippen LogP contribution in [0.3, 0.4) is 0 Å². The molecule has 0 amide bonds. The molecule has 2 aliphatic rings. The number of likely N-dealkylation sites (N-methyl/N-ethyl adjacent to an activating group) is 1. The van der Waals surface area contributed by atoms with Gasteiger partial charge in [-0.05, 0) is 32.0 Å². The Balaban J connectivity index is 1.96. The smallest absolute Gasteiger partial charge is 0.165 e. The summed E-state index contributed by atoms with van der Waals surface area (Å²) in [5.41, 5.74) is 7.27. The molecule has 0 spiro atoms. The molecular weight excluding hydrogens is 320 g/mol. The van der Waals surface area contributed by atoms with Crippen molar-refractivity contribution in [2.45, 2.75) is 24.4 Å². The molecule has 20 heavy (non-hydrogen) atoms. The van der Waals surface area contributed by atoms with E-state index in [1.165, 1.54) is 5.56 Å². The quantitative estimate of drug-likeness (QED) is 0.892. The van der Waals surface area contributed by atoms with Gasteiger partial charge < -0.3 is 15.2 Å². The molecule has 2 fully saturated rings. The minimum Gasteiger partial charge on any atom is -0.493 e. The van der Waals surface area contributed by atoms with Gasteiger partial charge >= 0.3 is 0 Å². The first kappa shape index (κ1) is 14.2. The van der Waals surface area contributed by atoms with Crippen LogP contribution in [0.2, 0.25) is 0 Å². The third-order valence-electron chi connectivity index (χ3n) is 4.37. The number of rotatable bonds is 5. The average molecular weight is 341 g/mol. The fourth-order valence-electron chi connectivity index (χ4n) is 2.85. The lowest BCUT2D eigenvalue weighted by Crippen LogP contribution is -2.51. The van der Waals surface area contributed by atoms with Crippen molar-refractivity contribution in [2.24, 2.45) is 5.73 Å². The molecule has 1 aliphatic carbocycles. The number of halogens is 1. The Morgan fingerprint density at radius 2 is 2.10 bits per heavy atom. The second kappa shape index (κ2) is 5.20.